The summed E-state index contributed by atoms with van der Waals surface area (Å²) in [7, 11) is 0. The van der Waals surface area contributed by atoms with Crippen molar-refractivity contribution >= 4 is 91.6 Å². The van der Waals surface area contributed by atoms with Crippen molar-refractivity contribution in [2.45, 2.75) is 44.3 Å². The van der Waals surface area contributed by atoms with Gasteiger partial charge in [-0.05, 0) is 42.4 Å². The number of benzene rings is 4. The molecule has 0 atom stereocenters. The van der Waals surface area contributed by atoms with Gasteiger partial charge in [-0.1, -0.05) is 98.5 Å². The monoisotopic (exact) mass is 616 g/mol. The number of aromatic nitrogens is 2. The van der Waals surface area contributed by atoms with Crippen molar-refractivity contribution in [3.05, 3.63) is 96.6 Å². The zero-order valence-corrected chi connectivity index (χ0v) is 26.2. The first-order chi connectivity index (χ1) is 19.8. The number of hydrogen-bond acceptors (Lipinski definition) is 5. The molecule has 4 nitrogen and oxygen atoms in total. The number of unbranched alkanes of at least 4 members (excludes halogenated alkanes) is 5. The molecule has 2 aromatic heterocycles. The highest BCUT2D eigenvalue weighted by atomic mass is 35.5. The topological polar surface area (TPSA) is 63.8 Å². The summed E-state index contributed by atoms with van der Waals surface area (Å²) in [6.07, 6.45) is 7.61. The molecular weight excluding hydrogens is 579 g/mol. The van der Waals surface area contributed by atoms with Crippen molar-refractivity contribution in [2.75, 3.05) is 23.3 Å². The number of thioether (sulfide) groups is 1. The van der Waals surface area contributed by atoms with Gasteiger partial charge in [0.25, 0.3) is 0 Å². The van der Waals surface area contributed by atoms with Gasteiger partial charge in [-0.15, -0.1) is 24.8 Å². The third kappa shape index (κ3) is 7.03. The van der Waals surface area contributed by atoms with Crippen molar-refractivity contribution in [3.63, 3.8) is 0 Å². The standard InChI is InChI=1S/C35H36N4S.2ClH/c36-33-26-15-5-8-19-30(26)39-34-25(14-13-18-29(33)34)24-40-23-12-4-2-1-3-11-22-37-35-27-16-6-9-20-31(27)38-32-21-10-7-17-28(32)35;;/h5-10,13-21H,1-4,11-12,22-24H2,(H2,36,39)(H,37,38);2*1H. The number of nitrogens with one attached hydrogen (secondary N) is 1. The van der Waals surface area contributed by atoms with Crippen LogP contribution in [0.1, 0.15) is 44.1 Å². The fraction of sp³-hybridized carbons (Fsp3) is 0.257. The van der Waals surface area contributed by atoms with Gasteiger partial charge in [-0.25, -0.2) is 9.97 Å². The second-order valence-corrected chi connectivity index (χ2v) is 11.6. The van der Waals surface area contributed by atoms with Gasteiger partial charge in [0.2, 0.25) is 0 Å². The lowest BCUT2D eigenvalue weighted by molar-refractivity contribution is 0.619. The van der Waals surface area contributed by atoms with Crippen molar-refractivity contribution in [1.82, 2.24) is 9.97 Å². The zero-order valence-electron chi connectivity index (χ0n) is 23.7. The second-order valence-electron chi connectivity index (χ2n) is 10.5. The number of para-hydroxylation sites is 4. The number of rotatable bonds is 12. The third-order valence-corrected chi connectivity index (χ3v) is 8.79. The van der Waals surface area contributed by atoms with Crippen LogP contribution in [0, 0.1) is 0 Å². The van der Waals surface area contributed by atoms with Crippen molar-refractivity contribution in [1.29, 1.82) is 0 Å². The van der Waals surface area contributed by atoms with E-state index in [4.69, 9.17) is 15.7 Å². The third-order valence-electron chi connectivity index (χ3n) is 7.70. The van der Waals surface area contributed by atoms with Gasteiger partial charge in [0.05, 0.1) is 33.4 Å². The minimum Gasteiger partial charge on any atom is -0.398 e. The fourth-order valence-corrected chi connectivity index (χ4v) is 6.59. The van der Waals surface area contributed by atoms with E-state index >= 15 is 0 Å². The molecule has 0 saturated carbocycles. The Kier molecular flexibility index (Phi) is 11.5. The molecule has 0 bridgehead atoms. The number of halogens is 2. The molecule has 6 rings (SSSR count). The molecule has 6 aromatic rings. The molecule has 7 heteroatoms. The Morgan fingerprint density at radius 1 is 0.571 bits per heavy atom. The van der Waals surface area contributed by atoms with Crippen LogP contribution in [0.25, 0.3) is 43.6 Å². The molecule has 0 aliphatic heterocycles. The minimum atomic E-state index is 0. The highest BCUT2D eigenvalue weighted by molar-refractivity contribution is 7.98. The van der Waals surface area contributed by atoms with Crippen LogP contribution in [0.15, 0.2) is 91.0 Å². The quantitative estimate of drug-likeness (QED) is 0.106. The number of fused-ring (bicyclic) bond motifs is 4. The van der Waals surface area contributed by atoms with Gasteiger partial charge in [-0.2, -0.15) is 11.8 Å². The van der Waals surface area contributed by atoms with E-state index in [2.05, 4.69) is 78.1 Å². The largest absolute Gasteiger partial charge is 0.398 e. The van der Waals surface area contributed by atoms with E-state index in [1.165, 1.54) is 66.3 Å². The Morgan fingerprint density at radius 2 is 1.12 bits per heavy atom. The average Bonchev–Trinajstić information content (AvgIpc) is 2.99. The molecule has 4 aromatic carbocycles. The Bertz CT molecular complexity index is 1720. The van der Waals surface area contributed by atoms with Gasteiger partial charge in [0.1, 0.15) is 0 Å². The lowest BCUT2D eigenvalue weighted by Gasteiger charge is -2.13. The zero-order chi connectivity index (χ0) is 27.1. The molecule has 0 saturated heterocycles. The lowest BCUT2D eigenvalue weighted by atomic mass is 10.1. The lowest BCUT2D eigenvalue weighted by Crippen LogP contribution is -2.03. The van der Waals surface area contributed by atoms with E-state index in [1.807, 2.05) is 30.0 Å². The maximum Gasteiger partial charge on any atom is 0.0770 e. The Morgan fingerprint density at radius 3 is 1.81 bits per heavy atom. The molecule has 0 radical (unpaired) electrons. The molecule has 0 aliphatic rings. The molecule has 0 aliphatic carbocycles. The van der Waals surface area contributed by atoms with E-state index in [1.54, 1.807) is 0 Å². The van der Waals surface area contributed by atoms with E-state index in [-0.39, 0.29) is 24.8 Å². The fourth-order valence-electron chi connectivity index (χ4n) is 5.58. The van der Waals surface area contributed by atoms with E-state index in [9.17, 15) is 0 Å². The SMILES string of the molecule is Cl.Cl.Nc1c2ccccc2nc2c(CSCCCCCCCCNc3c4ccccc4nc4ccccc34)cccc12. The number of nitrogens with two attached hydrogens (primary N) is 1. The van der Waals surface area contributed by atoms with Crippen LogP contribution >= 0.6 is 36.6 Å². The number of anilines is 2. The molecule has 0 spiro atoms. The second kappa shape index (κ2) is 15.3. The van der Waals surface area contributed by atoms with Crippen LogP contribution in [0.5, 0.6) is 0 Å². The highest BCUT2D eigenvalue weighted by Crippen LogP contribution is 2.32. The average molecular weight is 618 g/mol. The van der Waals surface area contributed by atoms with Crippen LogP contribution in [0.3, 0.4) is 0 Å². The smallest absolute Gasteiger partial charge is 0.0770 e. The molecule has 0 fully saturated rings. The van der Waals surface area contributed by atoms with E-state index in [0.717, 1.165) is 50.8 Å². The summed E-state index contributed by atoms with van der Waals surface area (Å²) in [5.41, 5.74) is 14.0. The molecular formula is C35H38Cl2N4S. The first kappa shape index (κ1) is 31.7. The van der Waals surface area contributed by atoms with Gasteiger partial charge in [0.15, 0.2) is 0 Å². The van der Waals surface area contributed by atoms with Gasteiger partial charge >= 0.3 is 0 Å². The first-order valence-corrected chi connectivity index (χ1v) is 15.6. The van der Waals surface area contributed by atoms with E-state index in [0.29, 0.717) is 0 Å². The van der Waals surface area contributed by atoms with Gasteiger partial charge in [-0.3, -0.25) is 0 Å². The predicted octanol–water partition coefficient (Wildman–Crippen LogP) is 10.2. The predicted molar refractivity (Wildman–Crippen MR) is 190 cm³/mol. The summed E-state index contributed by atoms with van der Waals surface area (Å²) >= 11 is 2.01. The van der Waals surface area contributed by atoms with E-state index < -0.39 is 0 Å². The van der Waals surface area contributed by atoms with Crippen molar-refractivity contribution in [3.8, 4) is 0 Å². The summed E-state index contributed by atoms with van der Waals surface area (Å²) in [6, 6.07) is 31.4. The normalized spacial score (nSPS) is 11.0. The maximum atomic E-state index is 6.50. The molecule has 42 heavy (non-hydrogen) atoms. The Labute approximate surface area is 264 Å². The van der Waals surface area contributed by atoms with Gasteiger partial charge < -0.3 is 11.1 Å². The van der Waals surface area contributed by atoms with Crippen LogP contribution in [0.2, 0.25) is 0 Å². The number of nitrogens with zero attached hydrogens (tertiary/aromatic N) is 2. The van der Waals surface area contributed by atoms with Crippen LogP contribution < -0.4 is 11.1 Å². The van der Waals surface area contributed by atoms with Crippen LogP contribution in [0.4, 0.5) is 11.4 Å². The van der Waals surface area contributed by atoms with Crippen molar-refractivity contribution < 1.29 is 0 Å². The summed E-state index contributed by atoms with van der Waals surface area (Å²) < 4.78 is 0. The van der Waals surface area contributed by atoms with Crippen LogP contribution in [-0.4, -0.2) is 22.3 Å². The number of nitrogen functional groups attached to an aromatic ring is 1. The molecule has 2 heterocycles. The summed E-state index contributed by atoms with van der Waals surface area (Å²) in [4.78, 5) is 9.78. The summed E-state index contributed by atoms with van der Waals surface area (Å²) in [5.74, 6) is 2.16. The van der Waals surface area contributed by atoms with Gasteiger partial charge in [0, 0.05) is 33.8 Å². The highest BCUT2D eigenvalue weighted by Gasteiger charge is 2.10. The maximum absolute atomic E-state index is 6.50. The Hall–Kier alpha value is -3.25. The molecule has 218 valence electrons. The number of hydrogen-bond donors (Lipinski definition) is 2. The Balaban J connectivity index is 0.00000202. The van der Waals surface area contributed by atoms with Crippen molar-refractivity contribution in [2.24, 2.45) is 0 Å². The number of pyridine rings is 2. The van der Waals surface area contributed by atoms with Crippen LogP contribution in [-0.2, 0) is 5.75 Å². The molecule has 0 unspecified atom stereocenters. The molecule has 0 amide bonds. The summed E-state index contributed by atoms with van der Waals surface area (Å²) in [6.45, 7) is 0.993. The molecule has 3 N–H and O–H groups in total. The summed E-state index contributed by atoms with van der Waals surface area (Å²) in [5, 5.41) is 8.24. The minimum absolute atomic E-state index is 0. The first-order valence-electron chi connectivity index (χ1n) is 14.4.